The molecule has 0 unspecified atom stereocenters. The van der Waals surface area contributed by atoms with E-state index < -0.39 is 0 Å². The van der Waals surface area contributed by atoms with Crippen molar-refractivity contribution in [1.29, 1.82) is 0 Å². The number of hydrogen-bond acceptors (Lipinski definition) is 1. The molecule has 1 aliphatic heterocycles. The number of hydrogen-bond donors (Lipinski definition) is 0. The van der Waals surface area contributed by atoms with Gasteiger partial charge in [0.15, 0.2) is 0 Å². The third-order valence-electron chi connectivity index (χ3n) is 3.26. The summed E-state index contributed by atoms with van der Waals surface area (Å²) in [5.74, 6) is 0. The van der Waals surface area contributed by atoms with Gasteiger partial charge in [-0.3, -0.25) is 4.90 Å². The van der Waals surface area contributed by atoms with Gasteiger partial charge in [-0.2, -0.15) is 0 Å². The normalized spacial score (nSPS) is 22.9. The molecular formula is C13H29N. The molecule has 1 nitrogen and oxygen atoms in total. The van der Waals surface area contributed by atoms with Crippen molar-refractivity contribution in [2.45, 2.75) is 72.3 Å². The van der Waals surface area contributed by atoms with Gasteiger partial charge in [-0.1, -0.05) is 34.6 Å². The average Bonchev–Trinajstić information content (AvgIpc) is 2.90. The van der Waals surface area contributed by atoms with Gasteiger partial charge in [0.1, 0.15) is 0 Å². The Labute approximate surface area is 90.9 Å². The van der Waals surface area contributed by atoms with Crippen LogP contribution in [-0.4, -0.2) is 23.5 Å². The maximum Gasteiger partial charge on any atom is 0.0208 e. The Kier molecular flexibility index (Phi) is 7.26. The van der Waals surface area contributed by atoms with Crippen LogP contribution in [0, 0.1) is 0 Å². The number of nitrogens with zero attached hydrogens (tertiary/aromatic N) is 1. The molecule has 1 heterocycles. The van der Waals surface area contributed by atoms with Crippen molar-refractivity contribution in [1.82, 2.24) is 4.90 Å². The summed E-state index contributed by atoms with van der Waals surface area (Å²) in [4.78, 5) is 2.72. The van der Waals surface area contributed by atoms with Gasteiger partial charge in [0.05, 0.1) is 0 Å². The first-order valence-electron chi connectivity index (χ1n) is 6.62. The fourth-order valence-electron chi connectivity index (χ4n) is 2.23. The molecule has 0 radical (unpaired) electrons. The molecule has 0 atom stereocenters. The van der Waals surface area contributed by atoms with E-state index in [2.05, 4.69) is 11.8 Å². The minimum atomic E-state index is 0.705. The van der Waals surface area contributed by atoms with E-state index >= 15 is 0 Å². The van der Waals surface area contributed by atoms with Crippen molar-refractivity contribution >= 4 is 0 Å². The molecule has 0 spiro atoms. The van der Waals surface area contributed by atoms with Crippen LogP contribution in [0.2, 0.25) is 0 Å². The summed E-state index contributed by atoms with van der Waals surface area (Å²) in [5, 5.41) is 0. The van der Waals surface area contributed by atoms with Gasteiger partial charge in [0, 0.05) is 5.54 Å². The Bertz CT molecular complexity index is 121. The summed E-state index contributed by atoms with van der Waals surface area (Å²) in [6.07, 6.45) is 7.23. The van der Waals surface area contributed by atoms with E-state index in [-0.39, 0.29) is 0 Å². The van der Waals surface area contributed by atoms with E-state index in [0.29, 0.717) is 5.54 Å². The zero-order valence-electron chi connectivity index (χ0n) is 10.9. The fourth-order valence-corrected chi connectivity index (χ4v) is 2.23. The van der Waals surface area contributed by atoms with Crippen molar-refractivity contribution in [3.8, 4) is 0 Å². The van der Waals surface area contributed by atoms with E-state index in [9.17, 15) is 0 Å². The maximum absolute atomic E-state index is 2.72. The second-order valence-corrected chi connectivity index (χ2v) is 3.77. The van der Waals surface area contributed by atoms with Crippen LogP contribution in [0.15, 0.2) is 0 Å². The van der Waals surface area contributed by atoms with Crippen LogP contribution in [0.25, 0.3) is 0 Å². The van der Waals surface area contributed by atoms with Crippen molar-refractivity contribution in [3.63, 3.8) is 0 Å². The van der Waals surface area contributed by atoms with Gasteiger partial charge >= 0.3 is 0 Å². The summed E-state index contributed by atoms with van der Waals surface area (Å²) in [6, 6.07) is 0. The zero-order chi connectivity index (χ0) is 11.0. The van der Waals surface area contributed by atoms with Crippen LogP contribution in [-0.2, 0) is 0 Å². The minimum absolute atomic E-state index is 0.705. The quantitative estimate of drug-likeness (QED) is 0.648. The lowest BCUT2D eigenvalue weighted by Gasteiger charge is -2.25. The van der Waals surface area contributed by atoms with E-state index in [0.717, 1.165) is 0 Å². The van der Waals surface area contributed by atoms with Gasteiger partial charge in [0.25, 0.3) is 0 Å². The molecule has 0 aromatic rings. The van der Waals surface area contributed by atoms with E-state index in [1.807, 2.05) is 27.7 Å². The molecule has 1 aliphatic carbocycles. The first-order valence-corrected chi connectivity index (χ1v) is 6.62. The first-order chi connectivity index (χ1) is 6.87. The summed E-state index contributed by atoms with van der Waals surface area (Å²) in [5.41, 5.74) is 0.705. The standard InChI is InChI=1S/C9H17N.2C2H6/c1-2-9(5-6-9)10-7-3-4-8-10;2*1-2/h2-8H2,1H3;2*1-2H3. The minimum Gasteiger partial charge on any atom is -0.298 e. The third kappa shape index (κ3) is 3.27. The molecule has 2 aliphatic rings. The molecule has 2 rings (SSSR count). The lowest BCUT2D eigenvalue weighted by Crippen LogP contribution is -2.33. The van der Waals surface area contributed by atoms with Gasteiger partial charge in [-0.25, -0.2) is 0 Å². The lowest BCUT2D eigenvalue weighted by molar-refractivity contribution is 0.215. The Hall–Kier alpha value is -0.0400. The third-order valence-corrected chi connectivity index (χ3v) is 3.26. The number of likely N-dealkylation sites (tertiary alicyclic amines) is 1. The van der Waals surface area contributed by atoms with E-state index in [1.165, 1.54) is 45.2 Å². The molecule has 0 N–H and O–H groups in total. The summed E-state index contributed by atoms with van der Waals surface area (Å²) in [6.45, 7) is 13.1. The highest BCUT2D eigenvalue weighted by Crippen LogP contribution is 2.45. The van der Waals surface area contributed by atoms with Crippen LogP contribution in [0.5, 0.6) is 0 Å². The van der Waals surface area contributed by atoms with Crippen LogP contribution in [0.1, 0.15) is 66.7 Å². The Morgan fingerprint density at radius 1 is 0.929 bits per heavy atom. The van der Waals surface area contributed by atoms with Crippen molar-refractivity contribution in [2.75, 3.05) is 13.1 Å². The summed E-state index contributed by atoms with van der Waals surface area (Å²) in [7, 11) is 0. The zero-order valence-corrected chi connectivity index (χ0v) is 10.9. The predicted octanol–water partition coefficient (Wildman–Crippen LogP) is 4.08. The molecule has 0 amide bonds. The predicted molar refractivity (Wildman–Crippen MR) is 65.8 cm³/mol. The molecular weight excluding hydrogens is 170 g/mol. The molecule has 14 heavy (non-hydrogen) atoms. The monoisotopic (exact) mass is 199 g/mol. The SMILES string of the molecule is CC.CC.CCC1(N2CCCC2)CC1. The first kappa shape index (κ1) is 14.0. The van der Waals surface area contributed by atoms with Crippen LogP contribution in [0.3, 0.4) is 0 Å². The van der Waals surface area contributed by atoms with Gasteiger partial charge in [0.2, 0.25) is 0 Å². The Morgan fingerprint density at radius 2 is 1.36 bits per heavy atom. The summed E-state index contributed by atoms with van der Waals surface area (Å²) < 4.78 is 0. The topological polar surface area (TPSA) is 3.24 Å². The molecule has 0 bridgehead atoms. The van der Waals surface area contributed by atoms with Crippen molar-refractivity contribution in [2.24, 2.45) is 0 Å². The van der Waals surface area contributed by atoms with E-state index in [4.69, 9.17) is 0 Å². The largest absolute Gasteiger partial charge is 0.298 e. The highest BCUT2D eigenvalue weighted by Gasteiger charge is 2.46. The van der Waals surface area contributed by atoms with Crippen LogP contribution < -0.4 is 0 Å². The Morgan fingerprint density at radius 3 is 1.64 bits per heavy atom. The van der Waals surface area contributed by atoms with Crippen molar-refractivity contribution in [3.05, 3.63) is 0 Å². The smallest absolute Gasteiger partial charge is 0.0208 e. The molecule has 0 aromatic carbocycles. The summed E-state index contributed by atoms with van der Waals surface area (Å²) >= 11 is 0. The maximum atomic E-state index is 2.72. The lowest BCUT2D eigenvalue weighted by atomic mass is 10.2. The van der Waals surface area contributed by atoms with Crippen molar-refractivity contribution < 1.29 is 0 Å². The van der Waals surface area contributed by atoms with Gasteiger partial charge in [-0.05, 0) is 45.2 Å². The molecule has 1 saturated heterocycles. The van der Waals surface area contributed by atoms with Crippen LogP contribution >= 0.6 is 0 Å². The molecule has 1 heteroatoms. The average molecular weight is 199 g/mol. The van der Waals surface area contributed by atoms with E-state index in [1.54, 1.807) is 0 Å². The second-order valence-electron chi connectivity index (χ2n) is 3.77. The second kappa shape index (κ2) is 7.28. The van der Waals surface area contributed by atoms with Gasteiger partial charge < -0.3 is 0 Å². The fraction of sp³-hybridized carbons (Fsp3) is 1.00. The molecule has 2 fully saturated rings. The molecule has 0 aromatic heterocycles. The molecule has 1 saturated carbocycles. The Balaban J connectivity index is 0.000000379. The molecule has 86 valence electrons. The highest BCUT2D eigenvalue weighted by atomic mass is 15.2. The number of rotatable bonds is 2. The van der Waals surface area contributed by atoms with Crippen LogP contribution in [0.4, 0.5) is 0 Å². The van der Waals surface area contributed by atoms with Gasteiger partial charge in [-0.15, -0.1) is 0 Å². The highest BCUT2D eigenvalue weighted by molar-refractivity contribution is 5.03.